The van der Waals surface area contributed by atoms with Crippen LogP contribution in [0.3, 0.4) is 0 Å². The Labute approximate surface area is 311 Å². The smallest absolute Gasteiger partial charge is 0.344 e. The zero-order valence-corrected chi connectivity index (χ0v) is 29.3. The lowest BCUT2D eigenvalue weighted by atomic mass is 9.78. The molecule has 3 N–H and O–H groups in total. The van der Waals surface area contributed by atoms with Gasteiger partial charge in [-0.15, -0.1) is 0 Å². The molecule has 11 heteroatoms. The van der Waals surface area contributed by atoms with E-state index >= 15 is 0 Å². The quantitative estimate of drug-likeness (QED) is 0.0401. The molecule has 0 radical (unpaired) electrons. The molecule has 0 saturated heterocycles. The summed E-state index contributed by atoms with van der Waals surface area (Å²) in [6.07, 6.45) is 0. The number of hydrogen-bond acceptors (Lipinski definition) is 10. The van der Waals surface area contributed by atoms with Crippen molar-refractivity contribution in [2.75, 3.05) is 0 Å². The molecule has 0 aliphatic heterocycles. The summed E-state index contributed by atoms with van der Waals surface area (Å²) in [5, 5.41) is 27.8. The van der Waals surface area contributed by atoms with Gasteiger partial charge in [-0.05, 0) is 113 Å². The van der Waals surface area contributed by atoms with Crippen LogP contribution in [0.2, 0.25) is 0 Å². The van der Waals surface area contributed by atoms with Crippen molar-refractivity contribution < 1.29 is 53.9 Å². The first-order chi connectivity index (χ1) is 26.1. The highest BCUT2D eigenvalue weighted by Gasteiger charge is 2.23. The van der Waals surface area contributed by atoms with Crippen LogP contribution in [-0.2, 0) is 28.4 Å². The maximum absolute atomic E-state index is 12.6. The van der Waals surface area contributed by atoms with Gasteiger partial charge in [0.05, 0.1) is 11.1 Å². The molecule has 0 amide bonds. The van der Waals surface area contributed by atoms with E-state index in [1.807, 2.05) is 72.8 Å². The Bertz CT molecular complexity index is 2190. The largest absolute Gasteiger partial charge is 0.508 e. The van der Waals surface area contributed by atoms with Crippen LogP contribution in [0.1, 0.15) is 56.8 Å². The summed E-state index contributed by atoms with van der Waals surface area (Å²) < 4.78 is 17.4. The zero-order chi connectivity index (χ0) is 38.1. The van der Waals surface area contributed by atoms with Crippen LogP contribution in [0.4, 0.5) is 0 Å². The van der Waals surface area contributed by atoms with Gasteiger partial charge in [0, 0.05) is 5.41 Å². The topological polar surface area (TPSA) is 150 Å². The molecule has 6 aromatic rings. The van der Waals surface area contributed by atoms with Gasteiger partial charge in [0.25, 0.3) is 0 Å². The summed E-state index contributed by atoms with van der Waals surface area (Å²) in [5.41, 5.74) is 2.92. The van der Waals surface area contributed by atoms with E-state index in [0.717, 1.165) is 34.4 Å². The van der Waals surface area contributed by atoms with Crippen molar-refractivity contribution in [2.24, 2.45) is 0 Å². The van der Waals surface area contributed by atoms with Gasteiger partial charge in [0.2, 0.25) is 0 Å². The molecule has 274 valence electrons. The number of aromatic carboxylic acids is 1. The first kappa shape index (κ1) is 37.1. The van der Waals surface area contributed by atoms with Gasteiger partial charge in [-0.3, -0.25) is 5.26 Å². The molecule has 0 saturated carbocycles. The third kappa shape index (κ3) is 9.22. The minimum Gasteiger partial charge on any atom is -0.508 e. The summed E-state index contributed by atoms with van der Waals surface area (Å²) >= 11 is 0. The standard InChI is InChI=1S/C43H36O11/c1-43(2,31-9-14-34(15-10-31)52-36-20-22-38(23-21-36)54-50-27-29-6-4-3-5-28(29)26-49-48)30-7-12-33(13-8-30)51-35-16-18-37(19-17-35)53-42(47)40-25-32(44)11-24-39(40)41(45)46/h3-25,44,48H,26-27H2,1-2H3,(H,45,46). The van der Waals surface area contributed by atoms with Crippen LogP contribution in [0.15, 0.2) is 140 Å². The SMILES string of the molecule is CC(C)(c1ccc(Oc2ccc(OOCc3ccccc3COO)cc2)cc1)c1ccc(Oc2ccc(OC(=O)c3cc(O)ccc3C(=O)O)cc2)cc1. The number of benzene rings is 6. The first-order valence-corrected chi connectivity index (χ1v) is 16.8. The van der Waals surface area contributed by atoms with Crippen LogP contribution >= 0.6 is 0 Å². The van der Waals surface area contributed by atoms with Gasteiger partial charge in [-0.25, -0.2) is 14.5 Å². The minimum atomic E-state index is -1.31. The Morgan fingerprint density at radius 3 is 1.54 bits per heavy atom. The van der Waals surface area contributed by atoms with Gasteiger partial charge in [-0.2, -0.15) is 4.89 Å². The number of carboxylic acids is 1. The number of esters is 1. The molecule has 0 aromatic heterocycles. The molecule has 0 unspecified atom stereocenters. The van der Waals surface area contributed by atoms with Gasteiger partial charge >= 0.3 is 11.9 Å². The molecule has 0 bridgehead atoms. The fourth-order valence-corrected chi connectivity index (χ4v) is 5.58. The third-order valence-corrected chi connectivity index (χ3v) is 8.64. The van der Waals surface area contributed by atoms with Gasteiger partial charge < -0.3 is 29.3 Å². The van der Waals surface area contributed by atoms with E-state index in [9.17, 15) is 19.8 Å². The Kier molecular flexibility index (Phi) is 11.5. The molecular formula is C43H36O11. The van der Waals surface area contributed by atoms with Crippen molar-refractivity contribution in [1.82, 2.24) is 0 Å². The van der Waals surface area contributed by atoms with E-state index in [1.54, 1.807) is 36.4 Å². The maximum atomic E-state index is 12.6. The number of carbonyl (C=O) groups excluding carboxylic acids is 1. The molecule has 11 nitrogen and oxygen atoms in total. The molecule has 6 rings (SSSR count). The minimum absolute atomic E-state index is 0.0579. The lowest BCUT2D eigenvalue weighted by Crippen LogP contribution is -2.18. The summed E-state index contributed by atoms with van der Waals surface area (Å²) in [6, 6.07) is 39.8. The molecule has 0 spiro atoms. The van der Waals surface area contributed by atoms with E-state index in [-0.39, 0.29) is 41.3 Å². The second kappa shape index (κ2) is 16.8. The third-order valence-electron chi connectivity index (χ3n) is 8.64. The Morgan fingerprint density at radius 1 is 0.574 bits per heavy atom. The van der Waals surface area contributed by atoms with Crippen LogP contribution in [-0.4, -0.2) is 27.4 Å². The number of aromatic hydroxyl groups is 1. The maximum Gasteiger partial charge on any atom is 0.344 e. The molecule has 0 fully saturated rings. The van der Waals surface area contributed by atoms with Gasteiger partial charge in [-0.1, -0.05) is 62.4 Å². The average molecular weight is 729 g/mol. The lowest BCUT2D eigenvalue weighted by molar-refractivity contribution is -0.253. The van der Waals surface area contributed by atoms with E-state index < -0.39 is 11.9 Å². The molecule has 0 aliphatic rings. The molecule has 54 heavy (non-hydrogen) atoms. The van der Waals surface area contributed by atoms with E-state index in [4.69, 9.17) is 29.2 Å². The molecule has 0 heterocycles. The van der Waals surface area contributed by atoms with E-state index in [0.29, 0.717) is 28.7 Å². The summed E-state index contributed by atoms with van der Waals surface area (Å²) in [5.74, 6) is 0.635. The van der Waals surface area contributed by atoms with Crippen molar-refractivity contribution in [2.45, 2.75) is 32.5 Å². The van der Waals surface area contributed by atoms with Crippen molar-refractivity contribution in [3.8, 4) is 40.2 Å². The zero-order valence-electron chi connectivity index (χ0n) is 29.3. The van der Waals surface area contributed by atoms with Crippen molar-refractivity contribution in [1.29, 1.82) is 0 Å². The first-order valence-electron chi connectivity index (χ1n) is 16.8. The van der Waals surface area contributed by atoms with Crippen molar-refractivity contribution >= 4 is 11.9 Å². The molecule has 6 aromatic carbocycles. The Morgan fingerprint density at radius 2 is 1.04 bits per heavy atom. The van der Waals surface area contributed by atoms with Gasteiger partial charge in [0.1, 0.15) is 47.7 Å². The highest BCUT2D eigenvalue weighted by molar-refractivity contribution is 6.03. The second-order valence-electron chi connectivity index (χ2n) is 12.6. The van der Waals surface area contributed by atoms with Crippen LogP contribution in [0.5, 0.6) is 40.2 Å². The van der Waals surface area contributed by atoms with Crippen LogP contribution < -0.4 is 19.1 Å². The normalized spacial score (nSPS) is 11.1. The summed E-state index contributed by atoms with van der Waals surface area (Å²) in [7, 11) is 0. The lowest BCUT2D eigenvalue weighted by Gasteiger charge is -2.26. The second-order valence-corrected chi connectivity index (χ2v) is 12.6. The van der Waals surface area contributed by atoms with Crippen LogP contribution in [0.25, 0.3) is 0 Å². The predicted octanol–water partition coefficient (Wildman–Crippen LogP) is 9.72. The highest BCUT2D eigenvalue weighted by atomic mass is 17.2. The number of carbonyl (C=O) groups is 2. The number of carboxylic acid groups (broad SMARTS) is 1. The van der Waals surface area contributed by atoms with Crippen LogP contribution in [0, 0.1) is 0 Å². The summed E-state index contributed by atoms with van der Waals surface area (Å²) in [6.45, 7) is 4.51. The van der Waals surface area contributed by atoms with E-state index in [2.05, 4.69) is 18.7 Å². The number of ether oxygens (including phenoxy) is 3. The van der Waals surface area contributed by atoms with Crippen molar-refractivity contribution in [3.05, 3.63) is 173 Å². The number of phenolic OH excluding ortho intramolecular Hbond substituents is 1. The molecule has 0 atom stereocenters. The monoisotopic (exact) mass is 728 g/mol. The van der Waals surface area contributed by atoms with Gasteiger partial charge in [0.15, 0.2) is 5.75 Å². The average Bonchev–Trinajstić information content (AvgIpc) is 3.17. The predicted molar refractivity (Wildman–Crippen MR) is 197 cm³/mol. The fourth-order valence-electron chi connectivity index (χ4n) is 5.58. The summed E-state index contributed by atoms with van der Waals surface area (Å²) in [4.78, 5) is 39.1. The molecular weight excluding hydrogens is 692 g/mol. The number of hydrogen-bond donors (Lipinski definition) is 3. The fraction of sp³-hybridized carbons (Fsp3) is 0.116. The number of phenols is 1. The highest BCUT2D eigenvalue weighted by Crippen LogP contribution is 2.35. The number of rotatable bonds is 15. The molecule has 0 aliphatic carbocycles. The Hall–Kier alpha value is -6.66. The van der Waals surface area contributed by atoms with E-state index in [1.165, 1.54) is 18.2 Å². The van der Waals surface area contributed by atoms with Crippen molar-refractivity contribution in [3.63, 3.8) is 0 Å². The Balaban J connectivity index is 1.00.